The summed E-state index contributed by atoms with van der Waals surface area (Å²) in [4.78, 5) is 44.4. The van der Waals surface area contributed by atoms with Gasteiger partial charge in [-0.15, -0.1) is 0 Å². The zero-order chi connectivity index (χ0) is 31.2. The van der Waals surface area contributed by atoms with E-state index < -0.39 is 24.1 Å². The molecule has 3 N–H and O–H groups in total. The zero-order valence-corrected chi connectivity index (χ0v) is 26.8. The van der Waals surface area contributed by atoms with Gasteiger partial charge < -0.3 is 25.4 Å². The van der Waals surface area contributed by atoms with Gasteiger partial charge in [0.05, 0.1) is 29.8 Å². The molecule has 2 amide bonds. The molecule has 5 rings (SSSR count). The fraction of sp³-hybridized carbons (Fsp3) is 0.515. The highest BCUT2D eigenvalue weighted by atomic mass is 35.5. The average Bonchev–Trinajstić information content (AvgIpc) is 3.53. The molecule has 1 saturated heterocycles. The van der Waals surface area contributed by atoms with Gasteiger partial charge in [0.2, 0.25) is 11.8 Å². The number of primary amides is 1. The Labute approximate surface area is 267 Å². The smallest absolute Gasteiger partial charge is 0.308 e. The van der Waals surface area contributed by atoms with Gasteiger partial charge >= 0.3 is 5.97 Å². The van der Waals surface area contributed by atoms with Crippen LogP contribution in [0.3, 0.4) is 0 Å². The molecule has 6 atom stereocenters. The first kappa shape index (κ1) is 32.0. The molecule has 1 aromatic heterocycles. The number of ether oxygens (including phenoxy) is 2. The van der Waals surface area contributed by atoms with Gasteiger partial charge in [-0.05, 0) is 55.0 Å². The maximum atomic E-state index is 14.0. The van der Waals surface area contributed by atoms with Crippen molar-refractivity contribution in [1.82, 2.24) is 9.88 Å². The number of benzene rings is 2. The Kier molecular flexibility index (Phi) is 10.6. The summed E-state index contributed by atoms with van der Waals surface area (Å²) in [7, 11) is 1.45. The average molecular weight is 641 g/mol. The molecule has 236 valence electrons. The lowest BCUT2D eigenvalue weighted by Crippen LogP contribution is -2.49. The lowest BCUT2D eigenvalue weighted by molar-refractivity contribution is -0.142. The lowest BCUT2D eigenvalue weighted by atomic mass is 9.96. The number of nitrogens with two attached hydrogens (primary N) is 1. The standard InChI is InChI=1S/C33H41ClN4O5S/c1-20(24-18-25(24)32(41)42-2)10-5-3-4-6-14-27(36-22-12-9-11-21(34)16-22)31(40)38-19-23(17-28(38)30(35)39)43-33-37-26-13-7-8-15-29(26)44-33/h7-9,11-13,15-16,20,23-25,27-28,36H,3-6,10,14,17-19H2,1-2H3,(H2,35,39)/t20?,23?,24-,25-,27-,28-/m0/s1. The summed E-state index contributed by atoms with van der Waals surface area (Å²) < 4.78 is 12.1. The number of fused-ring (bicyclic) bond motifs is 1. The van der Waals surface area contributed by atoms with E-state index in [4.69, 9.17) is 26.8 Å². The zero-order valence-electron chi connectivity index (χ0n) is 25.2. The molecule has 44 heavy (non-hydrogen) atoms. The van der Waals surface area contributed by atoms with Gasteiger partial charge in [0, 0.05) is 17.1 Å². The molecule has 1 aliphatic heterocycles. The molecule has 1 saturated carbocycles. The minimum atomic E-state index is -0.761. The first-order valence-corrected chi connectivity index (χ1v) is 16.6. The summed E-state index contributed by atoms with van der Waals surface area (Å²) in [6.45, 7) is 2.47. The number of esters is 1. The predicted octanol–water partition coefficient (Wildman–Crippen LogP) is 6.05. The molecule has 2 aromatic carbocycles. The molecule has 2 fully saturated rings. The van der Waals surface area contributed by atoms with Crippen molar-refractivity contribution in [1.29, 1.82) is 0 Å². The van der Waals surface area contributed by atoms with Crippen molar-refractivity contribution in [2.45, 2.75) is 76.5 Å². The molecule has 0 bridgehead atoms. The second kappa shape index (κ2) is 14.6. The van der Waals surface area contributed by atoms with E-state index in [1.807, 2.05) is 36.4 Å². The number of carbonyl (C=O) groups is 3. The number of amides is 2. The van der Waals surface area contributed by atoms with E-state index in [-0.39, 0.29) is 24.3 Å². The molecular weight excluding hydrogens is 600 g/mol. The third-order valence-electron chi connectivity index (χ3n) is 8.86. The molecule has 1 aliphatic carbocycles. The summed E-state index contributed by atoms with van der Waals surface area (Å²) in [6.07, 6.45) is 6.46. The highest BCUT2D eigenvalue weighted by molar-refractivity contribution is 7.20. The summed E-state index contributed by atoms with van der Waals surface area (Å²) in [5.41, 5.74) is 7.38. The fourth-order valence-corrected chi connectivity index (χ4v) is 7.40. The number of nitrogens with zero attached hydrogens (tertiary/aromatic N) is 2. The van der Waals surface area contributed by atoms with Crippen LogP contribution in [0.1, 0.15) is 58.3 Å². The molecule has 2 heterocycles. The van der Waals surface area contributed by atoms with Crippen molar-refractivity contribution in [2.24, 2.45) is 23.5 Å². The molecule has 2 unspecified atom stereocenters. The van der Waals surface area contributed by atoms with Crippen LogP contribution < -0.4 is 15.8 Å². The van der Waals surface area contributed by atoms with E-state index in [1.165, 1.54) is 18.4 Å². The number of anilines is 1. The van der Waals surface area contributed by atoms with E-state index in [0.717, 1.165) is 54.4 Å². The number of nitrogens with one attached hydrogen (secondary N) is 1. The van der Waals surface area contributed by atoms with Crippen molar-refractivity contribution < 1.29 is 23.9 Å². The van der Waals surface area contributed by atoms with Crippen molar-refractivity contribution in [2.75, 3.05) is 19.0 Å². The van der Waals surface area contributed by atoms with Crippen LogP contribution in [0.25, 0.3) is 10.2 Å². The first-order chi connectivity index (χ1) is 21.2. The molecule has 0 radical (unpaired) electrons. The number of thiazole rings is 1. The Morgan fingerprint density at radius 3 is 2.59 bits per heavy atom. The molecule has 2 aliphatic rings. The number of halogens is 1. The number of methoxy groups -OCH3 is 1. The van der Waals surface area contributed by atoms with E-state index in [2.05, 4.69) is 17.2 Å². The van der Waals surface area contributed by atoms with Crippen LogP contribution >= 0.6 is 22.9 Å². The minimum Gasteiger partial charge on any atom is -0.469 e. The maximum absolute atomic E-state index is 14.0. The van der Waals surface area contributed by atoms with Crippen molar-refractivity contribution in [3.8, 4) is 5.19 Å². The predicted molar refractivity (Wildman–Crippen MR) is 173 cm³/mol. The number of hydrogen-bond donors (Lipinski definition) is 2. The molecule has 0 spiro atoms. The summed E-state index contributed by atoms with van der Waals surface area (Å²) in [5.74, 6) is 0.190. The Balaban J connectivity index is 1.18. The Morgan fingerprint density at radius 1 is 1.09 bits per heavy atom. The lowest BCUT2D eigenvalue weighted by Gasteiger charge is -2.28. The molecule has 11 heteroatoms. The molecular formula is C33H41ClN4O5S. The minimum absolute atomic E-state index is 0.0698. The number of rotatable bonds is 15. The summed E-state index contributed by atoms with van der Waals surface area (Å²) in [5, 5.41) is 4.45. The molecule has 3 aromatic rings. The Hall–Kier alpha value is -3.37. The highest BCUT2D eigenvalue weighted by Crippen LogP contribution is 2.46. The van der Waals surface area contributed by atoms with E-state index in [1.54, 1.807) is 17.0 Å². The van der Waals surface area contributed by atoms with Crippen molar-refractivity contribution in [3.63, 3.8) is 0 Å². The number of likely N-dealkylation sites (tertiary alicyclic amines) is 1. The summed E-state index contributed by atoms with van der Waals surface area (Å²) in [6, 6.07) is 13.8. The van der Waals surface area contributed by atoms with Crippen molar-refractivity contribution in [3.05, 3.63) is 53.6 Å². The van der Waals surface area contributed by atoms with Gasteiger partial charge in [0.25, 0.3) is 5.19 Å². The number of para-hydroxylation sites is 1. The van der Waals surface area contributed by atoms with Gasteiger partial charge in [-0.1, -0.05) is 80.2 Å². The normalized spacial score (nSPS) is 22.4. The monoisotopic (exact) mass is 640 g/mol. The SMILES string of the molecule is COC(=O)[C@H]1C[C@H]1C(C)CCCCCC[C@H](Nc1cccc(Cl)c1)C(=O)N1CC(Oc2nc3ccccc3s2)C[C@H]1C(N)=O. The Morgan fingerprint density at radius 2 is 1.86 bits per heavy atom. The van der Waals surface area contributed by atoms with Crippen LogP contribution in [0.15, 0.2) is 48.5 Å². The highest BCUT2D eigenvalue weighted by Gasteiger charge is 2.46. The number of unbranched alkanes of at least 4 members (excludes halogenated alkanes) is 3. The van der Waals surface area contributed by atoms with Crippen molar-refractivity contribution >= 4 is 56.6 Å². The third kappa shape index (κ3) is 8.01. The van der Waals surface area contributed by atoms with E-state index >= 15 is 0 Å². The van der Waals surface area contributed by atoms with Crippen LogP contribution in [0.4, 0.5) is 5.69 Å². The maximum Gasteiger partial charge on any atom is 0.308 e. The Bertz CT molecular complexity index is 1430. The number of aromatic nitrogens is 1. The second-order valence-corrected chi connectivity index (χ2v) is 13.5. The van der Waals surface area contributed by atoms with Gasteiger partial charge in [-0.2, -0.15) is 0 Å². The van der Waals surface area contributed by atoms with Gasteiger partial charge in [-0.3, -0.25) is 14.4 Å². The van der Waals surface area contributed by atoms with Crippen LogP contribution in [0, 0.1) is 17.8 Å². The van der Waals surface area contributed by atoms with Crippen LogP contribution in [-0.2, 0) is 19.1 Å². The number of hydrogen-bond acceptors (Lipinski definition) is 8. The molecule has 9 nitrogen and oxygen atoms in total. The van der Waals surface area contributed by atoms with Crippen LogP contribution in [-0.4, -0.2) is 59.5 Å². The fourth-order valence-electron chi connectivity index (χ4n) is 6.33. The van der Waals surface area contributed by atoms with Crippen LogP contribution in [0.5, 0.6) is 5.19 Å². The van der Waals surface area contributed by atoms with Gasteiger partial charge in [-0.25, -0.2) is 4.98 Å². The van der Waals surface area contributed by atoms with E-state index in [0.29, 0.717) is 34.9 Å². The van der Waals surface area contributed by atoms with Gasteiger partial charge in [0.15, 0.2) is 0 Å². The van der Waals surface area contributed by atoms with Gasteiger partial charge in [0.1, 0.15) is 18.2 Å². The quantitative estimate of drug-likeness (QED) is 0.153. The summed E-state index contributed by atoms with van der Waals surface area (Å²) >= 11 is 7.67. The topological polar surface area (TPSA) is 124 Å². The van der Waals surface area contributed by atoms with Crippen LogP contribution in [0.2, 0.25) is 5.02 Å². The number of carbonyl (C=O) groups excluding carboxylic acids is 3. The first-order valence-electron chi connectivity index (χ1n) is 15.5. The largest absolute Gasteiger partial charge is 0.469 e. The second-order valence-electron chi connectivity index (χ2n) is 12.0. The van der Waals surface area contributed by atoms with E-state index in [9.17, 15) is 14.4 Å². The third-order valence-corrected chi connectivity index (χ3v) is 10.0.